The summed E-state index contributed by atoms with van der Waals surface area (Å²) in [5.41, 5.74) is 2.33. The van der Waals surface area contributed by atoms with Gasteiger partial charge in [0.25, 0.3) is 0 Å². The van der Waals surface area contributed by atoms with Gasteiger partial charge in [-0.05, 0) is 42.9 Å². The molecule has 0 radical (unpaired) electrons. The summed E-state index contributed by atoms with van der Waals surface area (Å²) in [7, 11) is 0. The van der Waals surface area contributed by atoms with Crippen LogP contribution in [0.15, 0.2) is 18.2 Å². The third-order valence-corrected chi connectivity index (χ3v) is 6.33. The van der Waals surface area contributed by atoms with Gasteiger partial charge in [0, 0.05) is 0 Å². The molecule has 0 fully saturated rings. The fraction of sp³-hybridized carbons (Fsp3) is 0.750. The van der Waals surface area contributed by atoms with Gasteiger partial charge >= 0.3 is 0 Å². The summed E-state index contributed by atoms with van der Waals surface area (Å²) in [6.07, 6.45) is 16.6. The second-order valence-corrected chi connectivity index (χ2v) is 12.9. The Bertz CT molecular complexity index is 532. The summed E-state index contributed by atoms with van der Waals surface area (Å²) < 4.78 is 5.54. The Kier molecular flexibility index (Phi) is 15.7. The maximum absolute atomic E-state index is 11.9. The Balaban J connectivity index is 2.47. The lowest BCUT2D eigenvalue weighted by Crippen LogP contribution is -2.10. The molecule has 0 amide bonds. The standard InChI is InChI=1S/C24H43O2PS2/c1-3-5-7-9-11-13-15-17-22-19-20-23(24(21-22)26-27(25,28)29)18-16-14-12-10-8-6-4-2/h19-21H,3-18H2,1-2H3,(H2,25,28,29)/p-2. The van der Waals surface area contributed by atoms with E-state index in [0.29, 0.717) is 5.75 Å². The van der Waals surface area contributed by atoms with E-state index in [1.807, 2.05) is 6.07 Å². The van der Waals surface area contributed by atoms with E-state index in [2.05, 4.69) is 26.0 Å². The average molecular weight is 457 g/mol. The van der Waals surface area contributed by atoms with E-state index in [0.717, 1.165) is 24.8 Å². The molecule has 0 spiro atoms. The zero-order valence-electron chi connectivity index (χ0n) is 18.6. The Morgan fingerprint density at radius 3 is 1.72 bits per heavy atom. The molecule has 0 saturated carbocycles. The fourth-order valence-corrected chi connectivity index (χ4v) is 4.62. The Morgan fingerprint density at radius 2 is 1.21 bits per heavy atom. The van der Waals surface area contributed by atoms with E-state index < -0.39 is 6.12 Å². The molecule has 5 heteroatoms. The van der Waals surface area contributed by atoms with Crippen molar-refractivity contribution in [3.05, 3.63) is 29.3 Å². The molecule has 2 nitrogen and oxygen atoms in total. The minimum atomic E-state index is -3.37. The summed E-state index contributed by atoms with van der Waals surface area (Å²) in [6.45, 7) is 4.50. The molecule has 1 rings (SSSR count). The number of hydrogen-bond donors (Lipinski definition) is 0. The normalized spacial score (nSPS) is 11.8. The summed E-state index contributed by atoms with van der Waals surface area (Å²) in [5.74, 6) is 0.657. The van der Waals surface area contributed by atoms with E-state index in [1.165, 1.54) is 89.0 Å². The van der Waals surface area contributed by atoms with Crippen LogP contribution in [-0.4, -0.2) is 0 Å². The second kappa shape index (κ2) is 16.8. The van der Waals surface area contributed by atoms with Crippen molar-refractivity contribution >= 4 is 30.6 Å². The number of hydrogen-bond acceptors (Lipinski definition) is 4. The first kappa shape index (κ1) is 27.1. The summed E-state index contributed by atoms with van der Waals surface area (Å²) in [4.78, 5) is 11.9. The smallest absolute Gasteiger partial charge is 0.171 e. The number of rotatable bonds is 18. The molecule has 29 heavy (non-hydrogen) atoms. The maximum atomic E-state index is 11.9. The van der Waals surface area contributed by atoms with Gasteiger partial charge in [-0.3, -0.25) is 0 Å². The molecule has 0 unspecified atom stereocenters. The molecule has 1 aromatic rings. The minimum Gasteiger partial charge on any atom is -0.682 e. The van der Waals surface area contributed by atoms with Crippen LogP contribution in [0.3, 0.4) is 0 Å². The highest BCUT2D eigenvalue weighted by Gasteiger charge is 2.09. The summed E-state index contributed by atoms with van der Waals surface area (Å²) in [6, 6.07) is 6.35. The zero-order chi connectivity index (χ0) is 21.4. The topological polar surface area (TPSA) is 32.3 Å². The van der Waals surface area contributed by atoms with Gasteiger partial charge in [0.1, 0.15) is 0 Å². The summed E-state index contributed by atoms with van der Waals surface area (Å²) >= 11 is 9.74. The monoisotopic (exact) mass is 456 g/mol. The van der Waals surface area contributed by atoms with Gasteiger partial charge in [0.2, 0.25) is 0 Å². The number of aryl methyl sites for hydroxylation is 2. The van der Waals surface area contributed by atoms with Crippen molar-refractivity contribution < 1.29 is 9.42 Å². The maximum Gasteiger partial charge on any atom is 0.171 e. The highest BCUT2D eigenvalue weighted by atomic mass is 33.1. The van der Waals surface area contributed by atoms with Crippen LogP contribution in [0.2, 0.25) is 0 Å². The van der Waals surface area contributed by atoms with E-state index in [-0.39, 0.29) is 0 Å². The first-order chi connectivity index (χ1) is 14.0. The quantitative estimate of drug-likeness (QED) is 0.128. The third-order valence-electron chi connectivity index (χ3n) is 5.46. The van der Waals surface area contributed by atoms with Gasteiger partial charge in [0.15, 0.2) is 5.75 Å². The predicted octanol–water partition coefficient (Wildman–Crippen LogP) is 7.78. The second-order valence-electron chi connectivity index (χ2n) is 8.22. The molecule has 0 aliphatic heterocycles. The highest BCUT2D eigenvalue weighted by molar-refractivity contribution is 8.69. The third kappa shape index (κ3) is 14.7. The van der Waals surface area contributed by atoms with Gasteiger partial charge in [-0.25, -0.2) is 0 Å². The molecule has 0 heterocycles. The molecular weight excluding hydrogens is 415 g/mol. The van der Waals surface area contributed by atoms with Crippen LogP contribution in [-0.2, 0) is 37.3 Å². The van der Waals surface area contributed by atoms with Crippen molar-refractivity contribution in [3.8, 4) is 5.75 Å². The van der Waals surface area contributed by atoms with Crippen molar-refractivity contribution in [1.29, 1.82) is 0 Å². The molecule has 168 valence electrons. The van der Waals surface area contributed by atoms with Gasteiger partial charge in [-0.2, -0.15) is 0 Å². The molecular formula is C24H41O2PS2-2. The van der Waals surface area contributed by atoms with Crippen LogP contribution >= 0.6 is 6.12 Å². The van der Waals surface area contributed by atoms with Crippen LogP contribution in [0, 0.1) is 0 Å². The fourth-order valence-electron chi connectivity index (χ4n) is 3.73. The van der Waals surface area contributed by atoms with Crippen molar-refractivity contribution in [2.24, 2.45) is 0 Å². The number of unbranched alkanes of at least 4 members (excludes halogenated alkanes) is 12. The van der Waals surface area contributed by atoms with Gasteiger partial charge in [-0.15, -0.1) is 6.12 Å². The molecule has 0 aliphatic rings. The molecule has 0 aromatic heterocycles. The predicted molar refractivity (Wildman–Crippen MR) is 132 cm³/mol. The molecule has 0 saturated heterocycles. The van der Waals surface area contributed by atoms with E-state index >= 15 is 0 Å². The Labute approximate surface area is 191 Å². The first-order valence-corrected chi connectivity index (χ1v) is 15.4. The summed E-state index contributed by atoms with van der Waals surface area (Å²) in [5, 5.41) is 0. The highest BCUT2D eigenvalue weighted by Crippen LogP contribution is 2.47. The van der Waals surface area contributed by atoms with E-state index in [1.54, 1.807) is 0 Å². The lowest BCUT2D eigenvalue weighted by Gasteiger charge is -2.42. The van der Waals surface area contributed by atoms with Crippen LogP contribution in [0.4, 0.5) is 0 Å². The van der Waals surface area contributed by atoms with Crippen LogP contribution in [0.25, 0.3) is 0 Å². The zero-order valence-corrected chi connectivity index (χ0v) is 21.2. The molecule has 0 aliphatic carbocycles. The van der Waals surface area contributed by atoms with Crippen molar-refractivity contribution in [2.45, 2.75) is 117 Å². The average Bonchev–Trinajstić information content (AvgIpc) is 2.66. The van der Waals surface area contributed by atoms with E-state index in [4.69, 9.17) is 29.0 Å². The van der Waals surface area contributed by atoms with Gasteiger partial charge in [-0.1, -0.05) is 103 Å². The number of benzene rings is 1. The van der Waals surface area contributed by atoms with Crippen molar-refractivity contribution in [2.75, 3.05) is 0 Å². The Morgan fingerprint density at radius 1 is 0.724 bits per heavy atom. The SMILES string of the molecule is CCCCCCCCCc1ccc(CCCCCCCCC)c(O[P+]([O-])([S-])[S-])c1. The van der Waals surface area contributed by atoms with Crippen LogP contribution in [0.1, 0.15) is 115 Å². The first-order valence-electron chi connectivity index (χ1n) is 11.8. The minimum absolute atomic E-state index is 0.657. The largest absolute Gasteiger partial charge is 0.682 e. The van der Waals surface area contributed by atoms with Crippen LogP contribution < -0.4 is 9.42 Å². The van der Waals surface area contributed by atoms with Gasteiger partial charge in [0.05, 0.1) is 0 Å². The van der Waals surface area contributed by atoms with E-state index in [9.17, 15) is 4.89 Å². The Hall–Kier alpha value is 0.110. The van der Waals surface area contributed by atoms with Crippen molar-refractivity contribution in [1.82, 2.24) is 0 Å². The van der Waals surface area contributed by atoms with Gasteiger partial charge < -0.3 is 33.9 Å². The lowest BCUT2D eigenvalue weighted by molar-refractivity contribution is -0.169. The van der Waals surface area contributed by atoms with Crippen LogP contribution in [0.5, 0.6) is 5.75 Å². The molecule has 0 bridgehead atoms. The molecule has 0 N–H and O–H groups in total. The van der Waals surface area contributed by atoms with Crippen molar-refractivity contribution in [3.63, 3.8) is 0 Å². The lowest BCUT2D eigenvalue weighted by atomic mass is 10.00. The molecule has 0 atom stereocenters. The molecule has 1 aromatic carbocycles.